The molecule has 15 heteroatoms. The van der Waals surface area contributed by atoms with E-state index in [0.29, 0.717) is 11.4 Å². The Kier molecular flexibility index (Phi) is 16.1. The zero-order valence-electron chi connectivity index (χ0n) is 29.7. The Balaban J connectivity index is 0.000000193. The minimum Gasteiger partial charge on any atom is -0.871 e. The molecule has 57 heavy (non-hydrogen) atoms. The van der Waals surface area contributed by atoms with E-state index >= 15 is 0 Å². The van der Waals surface area contributed by atoms with Crippen LogP contribution in [0.25, 0.3) is 21.5 Å². The number of nitrogens with zero attached hydrogens (tertiary/aromatic N) is 8. The number of pyridine rings is 2. The molecule has 14 nitrogen and oxygen atoms in total. The summed E-state index contributed by atoms with van der Waals surface area (Å²) in [4.78, 5) is 27.8. The second kappa shape index (κ2) is 21.8. The largest absolute Gasteiger partial charge is 2.00 e. The Morgan fingerprint density at radius 3 is 1.05 bits per heavy atom. The molecule has 284 valence electrons. The van der Waals surface area contributed by atoms with E-state index in [1.54, 1.807) is 49.1 Å². The van der Waals surface area contributed by atoms with Gasteiger partial charge in [-0.15, -0.1) is 0 Å². The van der Waals surface area contributed by atoms with Crippen molar-refractivity contribution >= 4 is 55.7 Å². The third-order valence-corrected chi connectivity index (χ3v) is 7.51. The number of hydrogen-bond donors (Lipinski definition) is 0. The molecule has 0 bridgehead atoms. The van der Waals surface area contributed by atoms with Crippen LogP contribution in [0.2, 0.25) is 0 Å². The summed E-state index contributed by atoms with van der Waals surface area (Å²) < 4.78 is 0. The SMILES string of the molecule is O=[N+]([O-])c1ccc(N=Nc2c([O-])ccc3ccccc23)cc1.O=[N+]([O-])c1ccc(N=Nc2c([O-])ccc3ccccc23)cc1.[Ni+2].c1ccncc1.c1ccncc1. The summed E-state index contributed by atoms with van der Waals surface area (Å²) in [6, 6.07) is 43.9. The van der Waals surface area contributed by atoms with Crippen LogP contribution in [0.15, 0.2) is 203 Å². The molecule has 0 aliphatic carbocycles. The molecule has 2 aromatic heterocycles. The van der Waals surface area contributed by atoms with E-state index in [1.165, 1.54) is 60.7 Å². The summed E-state index contributed by atoms with van der Waals surface area (Å²) in [5, 5.41) is 64.4. The Morgan fingerprint density at radius 1 is 0.404 bits per heavy atom. The summed E-state index contributed by atoms with van der Waals surface area (Å²) in [7, 11) is 0. The Labute approximate surface area is 335 Å². The van der Waals surface area contributed by atoms with Gasteiger partial charge in [0.05, 0.1) is 32.6 Å². The van der Waals surface area contributed by atoms with Crippen molar-refractivity contribution in [3.05, 3.63) is 203 Å². The Bertz CT molecular complexity index is 2330. The van der Waals surface area contributed by atoms with E-state index in [1.807, 2.05) is 72.8 Å². The molecule has 0 aliphatic heterocycles. The van der Waals surface area contributed by atoms with Crippen LogP contribution in [0.1, 0.15) is 0 Å². The molecule has 0 atom stereocenters. The van der Waals surface area contributed by atoms with Crippen LogP contribution in [0.5, 0.6) is 11.5 Å². The van der Waals surface area contributed by atoms with Crippen molar-refractivity contribution in [2.45, 2.75) is 0 Å². The molecule has 6 aromatic carbocycles. The zero-order valence-corrected chi connectivity index (χ0v) is 30.7. The summed E-state index contributed by atoms with van der Waals surface area (Å²) in [6.45, 7) is 0. The molecule has 0 radical (unpaired) electrons. The van der Waals surface area contributed by atoms with E-state index in [9.17, 15) is 30.4 Å². The van der Waals surface area contributed by atoms with Crippen molar-refractivity contribution in [1.29, 1.82) is 0 Å². The van der Waals surface area contributed by atoms with Crippen LogP contribution >= 0.6 is 0 Å². The molecule has 2 heterocycles. The fraction of sp³-hybridized carbons (Fsp3) is 0. The van der Waals surface area contributed by atoms with Gasteiger partial charge in [0, 0.05) is 59.8 Å². The van der Waals surface area contributed by atoms with Gasteiger partial charge in [-0.25, -0.2) is 0 Å². The van der Waals surface area contributed by atoms with E-state index < -0.39 is 9.85 Å². The quantitative estimate of drug-likeness (QED) is 0.0682. The number of azo groups is 2. The number of nitro groups is 2. The molecule has 0 N–H and O–H groups in total. The van der Waals surface area contributed by atoms with Crippen LogP contribution in [0.3, 0.4) is 0 Å². The topological polar surface area (TPSA) is 208 Å². The van der Waals surface area contributed by atoms with Crippen LogP contribution < -0.4 is 10.2 Å². The van der Waals surface area contributed by atoms with Crippen LogP contribution in [0.4, 0.5) is 34.1 Å². The Hall–Kier alpha value is -7.77. The maximum absolute atomic E-state index is 12.0. The summed E-state index contributed by atoms with van der Waals surface area (Å²) in [5.74, 6) is -0.436. The van der Waals surface area contributed by atoms with Gasteiger partial charge in [-0.2, -0.15) is 20.5 Å². The van der Waals surface area contributed by atoms with Gasteiger partial charge in [-0.3, -0.25) is 30.2 Å². The van der Waals surface area contributed by atoms with E-state index in [-0.39, 0.29) is 50.7 Å². The molecule has 8 rings (SSSR count). The van der Waals surface area contributed by atoms with Gasteiger partial charge in [0.25, 0.3) is 11.4 Å². The van der Waals surface area contributed by atoms with E-state index in [2.05, 4.69) is 30.4 Å². The van der Waals surface area contributed by atoms with Crippen molar-refractivity contribution < 1.29 is 36.6 Å². The maximum atomic E-state index is 12.0. The van der Waals surface area contributed by atoms with Gasteiger partial charge in [-0.1, -0.05) is 96.4 Å². The van der Waals surface area contributed by atoms with Crippen LogP contribution in [-0.2, 0) is 16.5 Å². The van der Waals surface area contributed by atoms with Gasteiger partial charge in [0.2, 0.25) is 0 Å². The first-order chi connectivity index (χ1) is 27.3. The molecule has 0 spiro atoms. The van der Waals surface area contributed by atoms with Gasteiger partial charge in [-0.05, 0) is 59.3 Å². The maximum Gasteiger partial charge on any atom is 2.00 e. The minimum absolute atomic E-state index is 0. The smallest absolute Gasteiger partial charge is 0.871 e. The molecule has 0 fully saturated rings. The van der Waals surface area contributed by atoms with E-state index in [0.717, 1.165) is 21.5 Å². The number of non-ortho nitro benzene ring substituents is 2. The standard InChI is InChI=1S/2C16H11N3O3.2C5H5N.Ni/c2*20-15-10-5-11-3-1-2-4-14(11)16(15)18-17-12-6-8-13(9-7-12)19(21)22;2*1-2-4-6-5-3-1;/h2*1-10,20H;2*1-5H;/q;;;;+2/p-2. The molecular weight excluding hydrogens is 771 g/mol. The number of rotatable bonds is 6. The summed E-state index contributed by atoms with van der Waals surface area (Å²) in [6.07, 6.45) is 7.00. The molecule has 0 saturated carbocycles. The minimum atomic E-state index is -0.485. The number of hydrogen-bond acceptors (Lipinski definition) is 12. The predicted molar refractivity (Wildman–Crippen MR) is 210 cm³/mol. The molecule has 0 unspecified atom stereocenters. The Morgan fingerprint density at radius 2 is 0.754 bits per heavy atom. The summed E-state index contributed by atoms with van der Waals surface area (Å²) in [5.41, 5.74) is 1.37. The third kappa shape index (κ3) is 12.7. The first kappa shape index (κ1) is 42.0. The average Bonchev–Trinajstić information content (AvgIpc) is 3.25. The van der Waals surface area contributed by atoms with Gasteiger partial charge in [0.1, 0.15) is 0 Å². The summed E-state index contributed by atoms with van der Waals surface area (Å²) >= 11 is 0. The van der Waals surface area contributed by atoms with Crippen molar-refractivity contribution in [2.75, 3.05) is 0 Å². The van der Waals surface area contributed by atoms with Crippen LogP contribution in [-0.4, -0.2) is 19.8 Å². The predicted octanol–water partition coefficient (Wildman–Crippen LogP) is 10.6. The van der Waals surface area contributed by atoms with E-state index in [4.69, 9.17) is 0 Å². The molecule has 0 amide bonds. The monoisotopic (exact) mass is 800 g/mol. The molecular formula is C42H30N8NiO6. The number of benzene rings is 6. The second-order valence-electron chi connectivity index (χ2n) is 11.3. The fourth-order valence-electron chi connectivity index (χ4n) is 4.80. The molecule has 0 aliphatic rings. The number of fused-ring (bicyclic) bond motifs is 2. The molecule has 0 saturated heterocycles. The number of aromatic nitrogens is 2. The van der Waals surface area contributed by atoms with Gasteiger partial charge in [0.15, 0.2) is 0 Å². The van der Waals surface area contributed by atoms with Crippen molar-refractivity contribution in [2.24, 2.45) is 20.5 Å². The number of nitro benzene ring substituents is 2. The average molecular weight is 801 g/mol. The van der Waals surface area contributed by atoms with Gasteiger partial charge < -0.3 is 10.2 Å². The van der Waals surface area contributed by atoms with Crippen LogP contribution in [0, 0.1) is 20.2 Å². The zero-order chi connectivity index (χ0) is 39.5. The third-order valence-electron chi connectivity index (χ3n) is 7.51. The second-order valence-corrected chi connectivity index (χ2v) is 11.3. The van der Waals surface area contributed by atoms with Crippen molar-refractivity contribution in [3.8, 4) is 11.5 Å². The normalized spacial score (nSPS) is 10.2. The first-order valence-corrected chi connectivity index (χ1v) is 16.7. The molecule has 8 aromatic rings. The van der Waals surface area contributed by atoms with Crippen molar-refractivity contribution in [3.63, 3.8) is 0 Å². The fourth-order valence-corrected chi connectivity index (χ4v) is 4.80. The van der Waals surface area contributed by atoms with Gasteiger partial charge >= 0.3 is 16.5 Å². The van der Waals surface area contributed by atoms with Crippen molar-refractivity contribution in [1.82, 2.24) is 9.97 Å². The first-order valence-electron chi connectivity index (χ1n) is 16.7.